The van der Waals surface area contributed by atoms with E-state index in [4.69, 9.17) is 9.88 Å². The predicted molar refractivity (Wildman–Crippen MR) is 72.6 cm³/mol. The molecule has 1 aromatic heterocycles. The maximum atomic E-state index is 11.6. The van der Waals surface area contributed by atoms with Crippen molar-refractivity contribution in [3.05, 3.63) is 35.2 Å². The maximum absolute atomic E-state index is 11.6. The second-order valence-electron chi connectivity index (χ2n) is 4.63. The number of sulfonamides is 1. The van der Waals surface area contributed by atoms with Gasteiger partial charge in [0.2, 0.25) is 10.0 Å². The highest BCUT2D eigenvalue weighted by atomic mass is 32.2. The van der Waals surface area contributed by atoms with Gasteiger partial charge in [0.05, 0.1) is 6.20 Å². The fraction of sp³-hybridized carbons (Fsp3) is 0.333. The Hall–Kier alpha value is -1.93. The van der Waals surface area contributed by atoms with Crippen LogP contribution in [0.25, 0.3) is 0 Å². The fourth-order valence-corrected chi connectivity index (χ4v) is 2.75. The molecule has 1 aromatic carbocycles. The van der Waals surface area contributed by atoms with E-state index in [0.717, 1.165) is 5.56 Å². The summed E-state index contributed by atoms with van der Waals surface area (Å²) in [5, 5.41) is 12.9. The van der Waals surface area contributed by atoms with Gasteiger partial charge in [-0.3, -0.25) is 4.68 Å². The molecule has 8 heteroatoms. The third-order valence-corrected chi connectivity index (χ3v) is 3.62. The van der Waals surface area contributed by atoms with Crippen molar-refractivity contribution >= 4 is 10.0 Å². The topological polar surface area (TPSA) is 100 Å². The average molecular weight is 296 g/mol. The second kappa shape index (κ2) is 5.22. The molecule has 0 spiro atoms. The largest absolute Gasteiger partial charge is 0.485 e. The van der Waals surface area contributed by atoms with Gasteiger partial charge in [-0.1, -0.05) is 11.3 Å². The summed E-state index contributed by atoms with van der Waals surface area (Å²) in [6.45, 7) is 3.70. The summed E-state index contributed by atoms with van der Waals surface area (Å²) in [6.07, 6.45) is 1.69. The van der Waals surface area contributed by atoms with E-state index >= 15 is 0 Å². The van der Waals surface area contributed by atoms with Crippen LogP contribution >= 0.6 is 0 Å². The molecule has 0 saturated heterocycles. The molecule has 0 amide bonds. The van der Waals surface area contributed by atoms with Crippen LogP contribution in [0.1, 0.15) is 16.8 Å². The lowest BCUT2D eigenvalue weighted by Crippen LogP contribution is -2.15. The lowest BCUT2D eigenvalue weighted by atomic mass is 10.1. The molecule has 108 valence electrons. The van der Waals surface area contributed by atoms with Crippen LogP contribution in [0.5, 0.6) is 5.75 Å². The number of rotatable bonds is 4. The maximum Gasteiger partial charge on any atom is 0.241 e. The van der Waals surface area contributed by atoms with Crippen molar-refractivity contribution in [3.8, 4) is 5.75 Å². The molecule has 0 unspecified atom stereocenters. The number of primary sulfonamides is 1. The smallest absolute Gasteiger partial charge is 0.241 e. The van der Waals surface area contributed by atoms with Crippen molar-refractivity contribution in [2.24, 2.45) is 12.2 Å². The first-order chi connectivity index (χ1) is 9.27. The van der Waals surface area contributed by atoms with E-state index in [1.54, 1.807) is 31.8 Å². The fourth-order valence-electron chi connectivity index (χ4n) is 1.92. The molecule has 0 aliphatic carbocycles. The van der Waals surface area contributed by atoms with Crippen molar-refractivity contribution in [2.75, 3.05) is 0 Å². The lowest BCUT2D eigenvalue weighted by molar-refractivity contribution is 0.291. The molecule has 0 bridgehead atoms. The molecule has 20 heavy (non-hydrogen) atoms. The summed E-state index contributed by atoms with van der Waals surface area (Å²) in [5.41, 5.74) is 2.11. The van der Waals surface area contributed by atoms with Gasteiger partial charge < -0.3 is 4.74 Å². The van der Waals surface area contributed by atoms with Crippen molar-refractivity contribution in [3.63, 3.8) is 0 Å². The number of nitrogens with zero attached hydrogens (tertiary/aromatic N) is 3. The highest BCUT2D eigenvalue weighted by Gasteiger charge is 2.18. The third kappa shape index (κ3) is 3.14. The summed E-state index contributed by atoms with van der Waals surface area (Å²) >= 11 is 0. The van der Waals surface area contributed by atoms with Gasteiger partial charge in [0.1, 0.15) is 22.9 Å². The summed E-state index contributed by atoms with van der Waals surface area (Å²) in [6, 6.07) is 3.33. The monoisotopic (exact) mass is 296 g/mol. The first-order valence-electron chi connectivity index (χ1n) is 5.89. The predicted octanol–water partition coefficient (Wildman–Crippen LogP) is 0.658. The molecule has 2 rings (SSSR count). The first kappa shape index (κ1) is 14.5. The molecule has 2 N–H and O–H groups in total. The lowest BCUT2D eigenvalue weighted by Gasteiger charge is -2.13. The van der Waals surface area contributed by atoms with Crippen LogP contribution in [0, 0.1) is 13.8 Å². The number of hydrogen-bond donors (Lipinski definition) is 1. The molecule has 0 aliphatic rings. The molecule has 0 atom stereocenters. The van der Waals surface area contributed by atoms with Gasteiger partial charge >= 0.3 is 0 Å². The summed E-state index contributed by atoms with van der Waals surface area (Å²) in [7, 11) is -2.10. The van der Waals surface area contributed by atoms with Crippen LogP contribution in [0.3, 0.4) is 0 Å². The van der Waals surface area contributed by atoms with E-state index in [1.165, 1.54) is 6.07 Å². The van der Waals surface area contributed by atoms with Gasteiger partial charge in [-0.2, -0.15) is 0 Å². The number of nitrogens with two attached hydrogens (primary N) is 1. The Morgan fingerprint density at radius 1 is 1.35 bits per heavy atom. The summed E-state index contributed by atoms with van der Waals surface area (Å²) in [4.78, 5) is -0.0149. The Kier molecular flexibility index (Phi) is 3.78. The molecule has 2 aromatic rings. The zero-order chi connectivity index (χ0) is 14.9. The molecule has 7 nitrogen and oxygen atoms in total. The zero-order valence-corrected chi connectivity index (χ0v) is 12.3. The average Bonchev–Trinajstić information content (AvgIpc) is 2.72. The SMILES string of the molecule is Cc1cc(C)c(OCc2cn(C)nn2)c(S(N)(=O)=O)c1. The number of aromatic nitrogens is 3. The van der Waals surface area contributed by atoms with Crippen LogP contribution in [0.15, 0.2) is 23.2 Å². The minimum atomic E-state index is -3.84. The van der Waals surface area contributed by atoms with Crippen LogP contribution in [-0.4, -0.2) is 23.4 Å². The van der Waals surface area contributed by atoms with Crippen LogP contribution in [0.4, 0.5) is 0 Å². The van der Waals surface area contributed by atoms with Crippen molar-refractivity contribution < 1.29 is 13.2 Å². The molecule has 0 aliphatic heterocycles. The van der Waals surface area contributed by atoms with E-state index in [9.17, 15) is 8.42 Å². The van der Waals surface area contributed by atoms with Gasteiger partial charge in [0.25, 0.3) is 0 Å². The second-order valence-corrected chi connectivity index (χ2v) is 6.16. The van der Waals surface area contributed by atoms with Gasteiger partial charge in [0.15, 0.2) is 0 Å². The Labute approximate surface area is 117 Å². The highest BCUT2D eigenvalue weighted by Crippen LogP contribution is 2.29. The first-order valence-corrected chi connectivity index (χ1v) is 7.44. The quantitative estimate of drug-likeness (QED) is 0.893. The zero-order valence-electron chi connectivity index (χ0n) is 11.5. The van der Waals surface area contributed by atoms with E-state index in [2.05, 4.69) is 10.3 Å². The molecule has 1 heterocycles. The van der Waals surface area contributed by atoms with Crippen molar-refractivity contribution in [1.29, 1.82) is 0 Å². The summed E-state index contributed by atoms with van der Waals surface area (Å²) in [5.74, 6) is 0.253. The van der Waals surface area contributed by atoms with Crippen molar-refractivity contribution in [1.82, 2.24) is 15.0 Å². The van der Waals surface area contributed by atoms with Gasteiger partial charge in [0, 0.05) is 7.05 Å². The molecular weight excluding hydrogens is 280 g/mol. The Bertz CT molecular complexity index is 737. The Morgan fingerprint density at radius 2 is 2.05 bits per heavy atom. The highest BCUT2D eigenvalue weighted by molar-refractivity contribution is 7.89. The van der Waals surface area contributed by atoms with Gasteiger partial charge in [-0.05, 0) is 31.0 Å². The van der Waals surface area contributed by atoms with E-state index in [1.807, 2.05) is 6.07 Å². The van der Waals surface area contributed by atoms with Crippen LogP contribution < -0.4 is 9.88 Å². The Balaban J connectivity index is 2.35. The van der Waals surface area contributed by atoms with Crippen molar-refractivity contribution in [2.45, 2.75) is 25.3 Å². The van der Waals surface area contributed by atoms with Gasteiger partial charge in [-0.15, -0.1) is 5.10 Å². The molecule has 0 fully saturated rings. The minimum Gasteiger partial charge on any atom is -0.485 e. The number of aryl methyl sites for hydroxylation is 3. The van der Waals surface area contributed by atoms with Crippen LogP contribution in [0.2, 0.25) is 0 Å². The normalized spacial score (nSPS) is 11.6. The number of hydrogen-bond acceptors (Lipinski definition) is 5. The number of benzene rings is 1. The summed E-state index contributed by atoms with van der Waals surface area (Å²) < 4.78 is 30.4. The standard InChI is InChI=1S/C12H16N4O3S/c1-8-4-9(2)12(11(5-8)20(13,17)18)19-7-10-6-16(3)15-14-10/h4-6H,7H2,1-3H3,(H2,13,17,18). The van der Waals surface area contributed by atoms with E-state index in [-0.39, 0.29) is 17.3 Å². The molecular formula is C12H16N4O3S. The molecule has 0 saturated carbocycles. The molecule has 0 radical (unpaired) electrons. The van der Waals surface area contributed by atoms with Crippen LogP contribution in [-0.2, 0) is 23.7 Å². The third-order valence-electron chi connectivity index (χ3n) is 2.71. The van der Waals surface area contributed by atoms with Gasteiger partial charge in [-0.25, -0.2) is 13.6 Å². The minimum absolute atomic E-state index is 0.0149. The Morgan fingerprint density at radius 3 is 2.60 bits per heavy atom. The van der Waals surface area contributed by atoms with E-state index < -0.39 is 10.0 Å². The van der Waals surface area contributed by atoms with E-state index in [0.29, 0.717) is 11.3 Å². The number of ether oxygens (including phenoxy) is 1.